The summed E-state index contributed by atoms with van der Waals surface area (Å²) in [7, 11) is 0. The number of rotatable bonds is 7. The van der Waals surface area contributed by atoms with Gasteiger partial charge in [0.2, 0.25) is 0 Å². The molecule has 0 aromatic heterocycles. The summed E-state index contributed by atoms with van der Waals surface area (Å²) in [6.45, 7) is 0.970. The molecular weight excluding hydrogens is 240 g/mol. The molecule has 90 valence electrons. The summed E-state index contributed by atoms with van der Waals surface area (Å²) in [6, 6.07) is 5.57. The van der Waals surface area contributed by atoms with Gasteiger partial charge < -0.3 is 11.1 Å². The van der Waals surface area contributed by atoms with E-state index >= 15 is 0 Å². The summed E-state index contributed by atoms with van der Waals surface area (Å²) >= 11 is 7.95. The van der Waals surface area contributed by atoms with Gasteiger partial charge in [0.1, 0.15) is 0 Å². The van der Waals surface area contributed by atoms with Gasteiger partial charge in [0, 0.05) is 12.2 Å². The number of nitrogens with one attached hydrogen (secondary N) is 1. The van der Waals surface area contributed by atoms with Gasteiger partial charge in [0.05, 0.1) is 10.7 Å². The number of hydrogen-bond acceptors (Lipinski definition) is 3. The van der Waals surface area contributed by atoms with E-state index < -0.39 is 0 Å². The van der Waals surface area contributed by atoms with E-state index in [1.165, 1.54) is 25.0 Å². The molecule has 0 bridgehead atoms. The Balaban J connectivity index is 2.21. The van der Waals surface area contributed by atoms with E-state index in [9.17, 15) is 0 Å². The molecule has 0 atom stereocenters. The van der Waals surface area contributed by atoms with Crippen LogP contribution < -0.4 is 11.1 Å². The smallest absolute Gasteiger partial charge is 0.0657 e. The molecule has 1 rings (SSSR count). The van der Waals surface area contributed by atoms with Crippen LogP contribution >= 0.6 is 23.4 Å². The van der Waals surface area contributed by atoms with Crippen LogP contribution in [0.2, 0.25) is 5.02 Å². The van der Waals surface area contributed by atoms with Crippen molar-refractivity contribution in [2.24, 2.45) is 0 Å². The summed E-state index contributed by atoms with van der Waals surface area (Å²) in [5, 5.41) is 4.02. The van der Waals surface area contributed by atoms with Gasteiger partial charge in [-0.05, 0) is 43.0 Å². The van der Waals surface area contributed by atoms with Crippen molar-refractivity contribution in [3.8, 4) is 0 Å². The predicted molar refractivity (Wildman–Crippen MR) is 76.6 cm³/mol. The molecule has 4 heteroatoms. The Hall–Kier alpha value is -0.540. The molecule has 0 amide bonds. The molecule has 0 spiro atoms. The van der Waals surface area contributed by atoms with E-state index in [4.69, 9.17) is 17.3 Å². The number of nitrogen functional groups attached to an aromatic ring is 1. The highest BCUT2D eigenvalue weighted by atomic mass is 35.5. The first-order valence-corrected chi connectivity index (χ1v) is 7.29. The van der Waals surface area contributed by atoms with Gasteiger partial charge in [-0.2, -0.15) is 11.8 Å². The van der Waals surface area contributed by atoms with Gasteiger partial charge in [-0.25, -0.2) is 0 Å². The number of nitrogens with two attached hydrogens (primary N) is 1. The minimum absolute atomic E-state index is 0.698. The summed E-state index contributed by atoms with van der Waals surface area (Å²) in [5.74, 6) is 1.25. The van der Waals surface area contributed by atoms with Crippen molar-refractivity contribution in [1.82, 2.24) is 0 Å². The second kappa shape index (κ2) is 7.69. The molecule has 0 heterocycles. The molecule has 16 heavy (non-hydrogen) atoms. The minimum Gasteiger partial charge on any atom is -0.399 e. The molecule has 1 aromatic rings. The van der Waals surface area contributed by atoms with Gasteiger partial charge >= 0.3 is 0 Å². The monoisotopic (exact) mass is 258 g/mol. The normalized spacial score (nSPS) is 10.4. The van der Waals surface area contributed by atoms with Crippen molar-refractivity contribution in [2.75, 3.05) is 29.6 Å². The molecule has 0 aliphatic heterocycles. The van der Waals surface area contributed by atoms with Crippen molar-refractivity contribution in [2.45, 2.75) is 19.3 Å². The van der Waals surface area contributed by atoms with Crippen LogP contribution in [0.15, 0.2) is 18.2 Å². The van der Waals surface area contributed by atoms with Gasteiger partial charge in [-0.3, -0.25) is 0 Å². The highest BCUT2D eigenvalue weighted by molar-refractivity contribution is 7.98. The summed E-state index contributed by atoms with van der Waals surface area (Å²) in [4.78, 5) is 0. The van der Waals surface area contributed by atoms with Crippen molar-refractivity contribution in [3.05, 3.63) is 23.2 Å². The van der Waals surface area contributed by atoms with Gasteiger partial charge in [0.25, 0.3) is 0 Å². The van der Waals surface area contributed by atoms with E-state index in [1.807, 2.05) is 23.9 Å². The highest BCUT2D eigenvalue weighted by Gasteiger charge is 1.99. The van der Waals surface area contributed by atoms with Crippen LogP contribution in [0.4, 0.5) is 11.4 Å². The first-order chi connectivity index (χ1) is 7.74. The number of unbranched alkanes of at least 4 members (excludes halogenated alkanes) is 2. The molecule has 0 aliphatic rings. The molecule has 1 aromatic carbocycles. The first kappa shape index (κ1) is 13.5. The molecule has 0 aliphatic carbocycles. The van der Waals surface area contributed by atoms with Crippen molar-refractivity contribution in [1.29, 1.82) is 0 Å². The third kappa shape index (κ3) is 4.99. The standard InChI is InChI=1S/C12H19ClN2S/c1-16-8-4-2-3-7-15-12-6-5-10(14)9-11(12)13/h5-6,9,15H,2-4,7-8,14H2,1H3. The Morgan fingerprint density at radius 2 is 2.12 bits per heavy atom. The summed E-state index contributed by atoms with van der Waals surface area (Å²) in [5.41, 5.74) is 7.30. The maximum absolute atomic E-state index is 6.05. The molecule has 0 unspecified atom stereocenters. The van der Waals surface area contributed by atoms with Gasteiger partial charge in [-0.1, -0.05) is 18.0 Å². The summed E-state index contributed by atoms with van der Waals surface area (Å²) < 4.78 is 0. The molecule has 2 nitrogen and oxygen atoms in total. The van der Waals surface area contributed by atoms with E-state index in [1.54, 1.807) is 6.07 Å². The lowest BCUT2D eigenvalue weighted by atomic mass is 10.2. The van der Waals surface area contributed by atoms with Crippen LogP contribution in [0.3, 0.4) is 0 Å². The summed E-state index contributed by atoms with van der Waals surface area (Å²) in [6.07, 6.45) is 5.88. The zero-order valence-corrected chi connectivity index (χ0v) is 11.2. The lowest BCUT2D eigenvalue weighted by Gasteiger charge is -2.08. The van der Waals surface area contributed by atoms with Crippen molar-refractivity contribution >= 4 is 34.7 Å². The lowest BCUT2D eigenvalue weighted by molar-refractivity contribution is 0.750. The molecular formula is C12H19ClN2S. The SMILES string of the molecule is CSCCCCCNc1ccc(N)cc1Cl. The van der Waals surface area contributed by atoms with Gasteiger partial charge in [0.15, 0.2) is 0 Å². The largest absolute Gasteiger partial charge is 0.399 e. The third-order valence-corrected chi connectivity index (χ3v) is 3.34. The van der Waals surface area contributed by atoms with E-state index in [0.717, 1.165) is 12.2 Å². The number of hydrogen-bond donors (Lipinski definition) is 2. The fourth-order valence-corrected chi connectivity index (χ4v) is 2.19. The average Bonchev–Trinajstić information content (AvgIpc) is 2.26. The van der Waals surface area contributed by atoms with E-state index in [-0.39, 0.29) is 0 Å². The number of benzene rings is 1. The average molecular weight is 259 g/mol. The van der Waals surface area contributed by atoms with E-state index in [2.05, 4.69) is 11.6 Å². The third-order valence-electron chi connectivity index (χ3n) is 2.33. The zero-order chi connectivity index (χ0) is 11.8. The Labute approximate surface area is 107 Å². The first-order valence-electron chi connectivity index (χ1n) is 5.52. The Bertz CT molecular complexity index is 318. The lowest BCUT2D eigenvalue weighted by Crippen LogP contribution is -2.02. The fourth-order valence-electron chi connectivity index (χ4n) is 1.45. The van der Waals surface area contributed by atoms with Crippen LogP contribution in [0.25, 0.3) is 0 Å². The van der Waals surface area contributed by atoms with Crippen LogP contribution in [0.5, 0.6) is 0 Å². The highest BCUT2D eigenvalue weighted by Crippen LogP contribution is 2.23. The maximum Gasteiger partial charge on any atom is 0.0657 e. The molecule has 3 N–H and O–H groups in total. The topological polar surface area (TPSA) is 38.0 Å². The second-order valence-electron chi connectivity index (χ2n) is 3.72. The van der Waals surface area contributed by atoms with Gasteiger partial charge in [-0.15, -0.1) is 0 Å². The van der Waals surface area contributed by atoms with Crippen molar-refractivity contribution < 1.29 is 0 Å². The van der Waals surface area contributed by atoms with E-state index in [0.29, 0.717) is 10.7 Å². The number of halogens is 1. The molecule has 0 fully saturated rings. The Kier molecular flexibility index (Phi) is 6.50. The van der Waals surface area contributed by atoms with Crippen LogP contribution in [0, 0.1) is 0 Å². The predicted octanol–water partition coefficient (Wildman–Crippen LogP) is 3.87. The molecule has 0 saturated carbocycles. The fraction of sp³-hybridized carbons (Fsp3) is 0.500. The Morgan fingerprint density at radius 1 is 1.31 bits per heavy atom. The van der Waals surface area contributed by atoms with Crippen molar-refractivity contribution in [3.63, 3.8) is 0 Å². The van der Waals surface area contributed by atoms with Crippen LogP contribution in [-0.2, 0) is 0 Å². The maximum atomic E-state index is 6.05. The Morgan fingerprint density at radius 3 is 2.81 bits per heavy atom. The molecule has 0 saturated heterocycles. The number of anilines is 2. The second-order valence-corrected chi connectivity index (χ2v) is 5.11. The molecule has 0 radical (unpaired) electrons. The number of thioether (sulfide) groups is 1. The minimum atomic E-state index is 0.698. The zero-order valence-electron chi connectivity index (χ0n) is 9.63. The van der Waals surface area contributed by atoms with Crippen LogP contribution in [0.1, 0.15) is 19.3 Å². The quantitative estimate of drug-likeness (QED) is 0.576. The van der Waals surface area contributed by atoms with Crippen LogP contribution in [-0.4, -0.2) is 18.6 Å².